The summed E-state index contributed by atoms with van der Waals surface area (Å²) in [6, 6.07) is 18.0. The van der Waals surface area contributed by atoms with Gasteiger partial charge in [-0.3, -0.25) is 0 Å². The van der Waals surface area contributed by atoms with Crippen LogP contribution in [0.15, 0.2) is 64.0 Å². The summed E-state index contributed by atoms with van der Waals surface area (Å²) in [7, 11) is 1.64. The van der Waals surface area contributed by atoms with E-state index < -0.39 is 11.1 Å². The molecule has 1 atom stereocenters. The van der Waals surface area contributed by atoms with Gasteiger partial charge in [0.25, 0.3) is 0 Å². The minimum atomic E-state index is -2.14. The Morgan fingerprint density at radius 2 is 1.57 bits per heavy atom. The summed E-state index contributed by atoms with van der Waals surface area (Å²) in [6.07, 6.45) is 0. The predicted molar refractivity (Wildman–Crippen MR) is 120 cm³/mol. The fourth-order valence-corrected chi connectivity index (χ4v) is 5.05. The molecule has 4 aromatic rings. The van der Waals surface area contributed by atoms with Crippen LogP contribution in [0.5, 0.6) is 5.75 Å². The van der Waals surface area contributed by atoms with Gasteiger partial charge in [0.15, 0.2) is 11.1 Å². The lowest BCUT2D eigenvalue weighted by atomic mass is 9.90. The van der Waals surface area contributed by atoms with Gasteiger partial charge in [0.05, 0.1) is 12.0 Å². The van der Waals surface area contributed by atoms with Gasteiger partial charge in [0, 0.05) is 15.6 Å². The molecule has 0 bridgehead atoms. The van der Waals surface area contributed by atoms with Crippen LogP contribution in [-0.2, 0) is 11.1 Å². The second-order valence-corrected chi connectivity index (χ2v) is 8.66. The highest BCUT2D eigenvalue weighted by Crippen LogP contribution is 2.46. The average Bonchev–Trinajstić information content (AvgIpc) is 2.65. The van der Waals surface area contributed by atoms with E-state index in [1.807, 2.05) is 56.3 Å². The van der Waals surface area contributed by atoms with Crippen LogP contribution in [0.1, 0.15) is 11.1 Å². The summed E-state index contributed by atoms with van der Waals surface area (Å²) in [6.45, 7) is 3.87. The third kappa shape index (κ3) is 3.04. The molecule has 3 nitrogen and oxygen atoms in total. The summed E-state index contributed by atoms with van der Waals surface area (Å²) in [5, 5.41) is 3.98. The van der Waals surface area contributed by atoms with Crippen LogP contribution in [0.25, 0.3) is 32.7 Å². The second kappa shape index (κ2) is 7.32. The maximum absolute atomic E-state index is 12.4. The van der Waals surface area contributed by atoms with Gasteiger partial charge in [-0.1, -0.05) is 52.3 Å². The smallest absolute Gasteiger partial charge is 0.187 e. The Kier molecular flexibility index (Phi) is 5.00. The molecule has 0 saturated carbocycles. The third-order valence-electron chi connectivity index (χ3n) is 5.06. The maximum Gasteiger partial charge on any atom is 0.187 e. The van der Waals surface area contributed by atoms with E-state index >= 15 is 0 Å². The Morgan fingerprint density at radius 1 is 0.893 bits per heavy atom. The number of aryl methyl sites for hydroxylation is 2. The van der Waals surface area contributed by atoms with Gasteiger partial charge in [-0.25, -0.2) is 4.21 Å². The predicted octanol–water partition coefficient (Wildman–Crippen LogP) is 6.63. The Labute approximate surface area is 174 Å². The first-order chi connectivity index (χ1) is 13.4. The standard InChI is InChI=1S/C23H19BrO3S/c1-13-10-16-12-17(24)8-9-19(16)20(22(13)27-3)21-18-7-5-4-6-15(18)11-14(2)23(21)28(25)26/h4-12H,1-3H3,(H,25,26). The van der Waals surface area contributed by atoms with Crippen molar-refractivity contribution in [3.63, 3.8) is 0 Å². The first-order valence-electron chi connectivity index (χ1n) is 8.82. The third-order valence-corrected chi connectivity index (χ3v) is 6.42. The highest BCUT2D eigenvalue weighted by Gasteiger charge is 2.23. The van der Waals surface area contributed by atoms with E-state index in [-0.39, 0.29) is 0 Å². The van der Waals surface area contributed by atoms with Gasteiger partial charge in [-0.05, 0) is 64.7 Å². The molecule has 1 N–H and O–H groups in total. The molecule has 4 rings (SSSR count). The van der Waals surface area contributed by atoms with E-state index in [4.69, 9.17) is 4.74 Å². The molecule has 0 radical (unpaired) electrons. The summed E-state index contributed by atoms with van der Waals surface area (Å²) in [4.78, 5) is 0.423. The van der Waals surface area contributed by atoms with Crippen molar-refractivity contribution in [3.05, 3.63) is 70.2 Å². The Morgan fingerprint density at radius 3 is 2.29 bits per heavy atom. The number of hydrogen-bond acceptors (Lipinski definition) is 2. The highest BCUT2D eigenvalue weighted by molar-refractivity contribution is 9.10. The minimum absolute atomic E-state index is 0.423. The molecule has 0 aliphatic carbocycles. The summed E-state index contributed by atoms with van der Waals surface area (Å²) < 4.78 is 29.4. The monoisotopic (exact) mass is 454 g/mol. The second-order valence-electron chi connectivity index (χ2n) is 6.84. The molecule has 0 saturated heterocycles. The van der Waals surface area contributed by atoms with Gasteiger partial charge in [-0.15, -0.1) is 0 Å². The van der Waals surface area contributed by atoms with E-state index in [1.54, 1.807) is 7.11 Å². The molecule has 0 aliphatic heterocycles. The fourth-order valence-electron chi connectivity index (χ4n) is 3.95. The molecule has 142 valence electrons. The molecule has 0 fully saturated rings. The van der Waals surface area contributed by atoms with Gasteiger partial charge < -0.3 is 9.29 Å². The van der Waals surface area contributed by atoms with Crippen LogP contribution in [0, 0.1) is 13.8 Å². The molecular formula is C23H19BrO3S. The number of rotatable bonds is 3. The molecule has 0 aromatic heterocycles. The van der Waals surface area contributed by atoms with Crippen molar-refractivity contribution in [1.29, 1.82) is 0 Å². The van der Waals surface area contributed by atoms with Crippen molar-refractivity contribution >= 4 is 48.6 Å². The minimum Gasteiger partial charge on any atom is -0.496 e. The van der Waals surface area contributed by atoms with Gasteiger partial charge >= 0.3 is 0 Å². The lowest BCUT2D eigenvalue weighted by Gasteiger charge is -2.20. The van der Waals surface area contributed by atoms with E-state index in [9.17, 15) is 8.76 Å². The van der Waals surface area contributed by atoms with E-state index in [0.29, 0.717) is 4.90 Å². The molecule has 0 amide bonds. The van der Waals surface area contributed by atoms with Gasteiger partial charge in [0.1, 0.15) is 5.75 Å². The Balaban J connectivity index is 2.30. The quantitative estimate of drug-likeness (QED) is 0.353. The average molecular weight is 455 g/mol. The zero-order valence-electron chi connectivity index (χ0n) is 15.7. The summed E-state index contributed by atoms with van der Waals surface area (Å²) in [5.74, 6) is 0.720. The number of benzene rings is 4. The zero-order valence-corrected chi connectivity index (χ0v) is 18.1. The van der Waals surface area contributed by atoms with Gasteiger partial charge in [-0.2, -0.15) is 0 Å². The first-order valence-corrected chi connectivity index (χ1v) is 10.7. The van der Waals surface area contributed by atoms with E-state index in [0.717, 1.165) is 54.0 Å². The molecule has 0 spiro atoms. The molecule has 5 heteroatoms. The number of fused-ring (bicyclic) bond motifs is 2. The lowest BCUT2D eigenvalue weighted by Crippen LogP contribution is -2.01. The first kappa shape index (κ1) is 19.1. The molecule has 4 aromatic carbocycles. The summed E-state index contributed by atoms with van der Waals surface area (Å²) in [5.41, 5.74) is 3.36. The molecule has 1 unspecified atom stereocenters. The van der Waals surface area contributed by atoms with Crippen LogP contribution in [0.2, 0.25) is 0 Å². The number of methoxy groups -OCH3 is 1. The SMILES string of the molecule is COc1c(C)cc2cc(Br)ccc2c1-c1c(S(=O)O)c(C)cc2ccccc12. The van der Waals surface area contributed by atoms with Crippen molar-refractivity contribution in [2.75, 3.05) is 7.11 Å². The van der Waals surface area contributed by atoms with Gasteiger partial charge in [0.2, 0.25) is 0 Å². The Hall–Kier alpha value is -2.21. The Bertz CT molecular complexity index is 1260. The van der Waals surface area contributed by atoms with Crippen LogP contribution in [0.4, 0.5) is 0 Å². The topological polar surface area (TPSA) is 46.5 Å². The van der Waals surface area contributed by atoms with Crippen LogP contribution in [-0.4, -0.2) is 15.9 Å². The van der Waals surface area contributed by atoms with E-state index in [2.05, 4.69) is 28.1 Å². The fraction of sp³-hybridized carbons (Fsp3) is 0.130. The van der Waals surface area contributed by atoms with Crippen molar-refractivity contribution in [2.24, 2.45) is 0 Å². The van der Waals surface area contributed by atoms with Crippen molar-refractivity contribution in [3.8, 4) is 16.9 Å². The highest BCUT2D eigenvalue weighted by atomic mass is 79.9. The van der Waals surface area contributed by atoms with Crippen molar-refractivity contribution < 1.29 is 13.5 Å². The van der Waals surface area contributed by atoms with Crippen LogP contribution >= 0.6 is 15.9 Å². The number of ether oxygens (including phenoxy) is 1. The van der Waals surface area contributed by atoms with Crippen molar-refractivity contribution in [1.82, 2.24) is 0 Å². The zero-order chi connectivity index (χ0) is 20.0. The molecule has 0 heterocycles. The normalized spacial score (nSPS) is 12.5. The van der Waals surface area contributed by atoms with Crippen LogP contribution < -0.4 is 4.74 Å². The van der Waals surface area contributed by atoms with Crippen LogP contribution in [0.3, 0.4) is 0 Å². The van der Waals surface area contributed by atoms with Crippen molar-refractivity contribution in [2.45, 2.75) is 18.7 Å². The molecule has 0 aliphatic rings. The largest absolute Gasteiger partial charge is 0.496 e. The number of hydrogen-bond donors (Lipinski definition) is 1. The lowest BCUT2D eigenvalue weighted by molar-refractivity contribution is 0.414. The summed E-state index contributed by atoms with van der Waals surface area (Å²) >= 11 is 1.41. The molecule has 28 heavy (non-hydrogen) atoms. The molecular weight excluding hydrogens is 436 g/mol. The maximum atomic E-state index is 12.4. The number of halogens is 1. The van der Waals surface area contributed by atoms with E-state index in [1.165, 1.54) is 0 Å².